The van der Waals surface area contributed by atoms with Gasteiger partial charge in [0.1, 0.15) is 6.61 Å². The number of carboxylic acids is 2. The van der Waals surface area contributed by atoms with Gasteiger partial charge >= 0.3 is 17.9 Å². The third-order valence-electron chi connectivity index (χ3n) is 7.97. The van der Waals surface area contributed by atoms with Crippen molar-refractivity contribution in [3.05, 3.63) is 11.6 Å². The summed E-state index contributed by atoms with van der Waals surface area (Å²) in [5, 5.41) is 30.4. The van der Waals surface area contributed by atoms with Crippen LogP contribution in [0.25, 0.3) is 0 Å². The molecule has 3 saturated heterocycles. The van der Waals surface area contributed by atoms with E-state index in [0.717, 1.165) is 0 Å². The third kappa shape index (κ3) is 2.17. The molecule has 0 spiro atoms. The summed E-state index contributed by atoms with van der Waals surface area (Å²) < 4.78 is 11.3. The SMILES string of the molecule is CC1=CC(=O)[C@]2(O)O[C@@H]3C[C@H]1[C@@]2(C)[C@H]1C(=O)OC[C@@]31[C@@H](CC(=O)O)[C@@H](C)C(=O)O. The molecule has 9 heteroatoms. The third-order valence-corrected chi connectivity index (χ3v) is 7.97. The molecule has 9 nitrogen and oxygen atoms in total. The van der Waals surface area contributed by atoms with Crippen LogP contribution in [0.1, 0.15) is 33.6 Å². The highest BCUT2D eigenvalue weighted by molar-refractivity contribution is 5.99. The molecule has 5 aliphatic rings. The first kappa shape index (κ1) is 20.0. The smallest absolute Gasteiger partial charge is 0.310 e. The number of rotatable bonds is 5. The number of ether oxygens (including phenoxy) is 2. The van der Waals surface area contributed by atoms with Crippen LogP contribution in [-0.4, -0.2) is 57.5 Å². The van der Waals surface area contributed by atoms with Gasteiger partial charge in [0.15, 0.2) is 0 Å². The zero-order valence-corrected chi connectivity index (χ0v) is 16.4. The summed E-state index contributed by atoms with van der Waals surface area (Å²) in [6.07, 6.45) is 0.270. The molecular formula is C20H24O9. The summed E-state index contributed by atoms with van der Waals surface area (Å²) in [7, 11) is 0. The van der Waals surface area contributed by atoms with Gasteiger partial charge in [0.2, 0.25) is 11.6 Å². The number of cyclic esters (lactones) is 1. The van der Waals surface area contributed by atoms with Crippen LogP contribution in [0.2, 0.25) is 0 Å². The summed E-state index contributed by atoms with van der Waals surface area (Å²) in [5.41, 5.74) is -1.94. The van der Waals surface area contributed by atoms with Crippen molar-refractivity contribution in [2.75, 3.05) is 6.61 Å². The van der Waals surface area contributed by atoms with Crippen molar-refractivity contribution in [1.82, 2.24) is 0 Å². The molecule has 0 aromatic rings. The second-order valence-corrected chi connectivity index (χ2v) is 9.06. The van der Waals surface area contributed by atoms with Crippen LogP contribution in [0.15, 0.2) is 11.6 Å². The Bertz CT molecular complexity index is 862. The Morgan fingerprint density at radius 1 is 1.31 bits per heavy atom. The first-order valence-electron chi connectivity index (χ1n) is 9.65. The van der Waals surface area contributed by atoms with Gasteiger partial charge in [-0.15, -0.1) is 0 Å². The zero-order valence-electron chi connectivity index (χ0n) is 16.4. The molecule has 0 amide bonds. The van der Waals surface area contributed by atoms with Crippen molar-refractivity contribution in [2.45, 2.75) is 45.5 Å². The number of aliphatic hydroxyl groups is 1. The summed E-state index contributed by atoms with van der Waals surface area (Å²) in [6, 6.07) is 0. The van der Waals surface area contributed by atoms with Crippen LogP contribution in [0.3, 0.4) is 0 Å². The summed E-state index contributed by atoms with van der Waals surface area (Å²) in [6.45, 7) is 4.55. The number of carbonyl (C=O) groups excluding carboxylic acids is 2. The van der Waals surface area contributed by atoms with Crippen LogP contribution >= 0.6 is 0 Å². The molecule has 3 aliphatic heterocycles. The van der Waals surface area contributed by atoms with E-state index in [1.807, 2.05) is 0 Å². The molecule has 1 saturated carbocycles. The normalized spacial score (nSPS) is 44.6. The second kappa shape index (κ2) is 5.89. The number of esters is 1. The van der Waals surface area contributed by atoms with Crippen molar-refractivity contribution in [2.24, 2.45) is 34.5 Å². The first-order valence-corrected chi connectivity index (χ1v) is 9.65. The standard InChI is InChI=1S/C20H24O9/c1-8-4-12(21)20(27)18(3)10(8)5-13(29-20)19(7-28-17(26)15(18)19)11(6-14(22)23)9(2)16(24)25/h4,9-11,13,15,27H,5-7H2,1-3H3,(H,22,23)(H,24,25)/t9-,10-,11+,13-,15-,18+,19-,20+/m1/s1. The lowest BCUT2D eigenvalue weighted by Crippen LogP contribution is -2.78. The van der Waals surface area contributed by atoms with Crippen molar-refractivity contribution in [3.8, 4) is 0 Å². The molecule has 3 N–H and O–H groups in total. The fraction of sp³-hybridized carbons (Fsp3) is 0.700. The number of aliphatic carboxylic acids is 2. The lowest BCUT2D eigenvalue weighted by Gasteiger charge is -2.68. The molecule has 4 fully saturated rings. The molecule has 0 aromatic carbocycles. The molecule has 2 aliphatic carbocycles. The minimum atomic E-state index is -2.24. The molecule has 5 rings (SSSR count). The lowest BCUT2D eigenvalue weighted by atomic mass is 9.40. The topological polar surface area (TPSA) is 147 Å². The molecule has 0 radical (unpaired) electrons. The van der Waals surface area contributed by atoms with Crippen molar-refractivity contribution >= 4 is 23.7 Å². The predicted octanol–water partition coefficient (Wildman–Crippen LogP) is 0.600. The highest BCUT2D eigenvalue weighted by atomic mass is 16.6. The van der Waals surface area contributed by atoms with Crippen LogP contribution < -0.4 is 0 Å². The molecule has 0 aromatic heterocycles. The number of carboxylic acid groups (broad SMARTS) is 2. The van der Waals surface area contributed by atoms with Crippen LogP contribution in [0.4, 0.5) is 0 Å². The van der Waals surface area contributed by atoms with Crippen LogP contribution in [-0.2, 0) is 28.7 Å². The quantitative estimate of drug-likeness (QED) is 0.556. The zero-order chi connectivity index (χ0) is 21.5. The number of carbonyl (C=O) groups is 4. The van der Waals surface area contributed by atoms with E-state index in [1.54, 1.807) is 13.8 Å². The molecule has 29 heavy (non-hydrogen) atoms. The molecule has 0 unspecified atom stereocenters. The Hall–Kier alpha value is -2.26. The van der Waals surface area contributed by atoms with E-state index >= 15 is 0 Å². The predicted molar refractivity (Wildman–Crippen MR) is 94.2 cm³/mol. The molecule has 4 bridgehead atoms. The molecule has 3 heterocycles. The Labute approximate surface area is 166 Å². The van der Waals surface area contributed by atoms with E-state index in [9.17, 15) is 34.5 Å². The van der Waals surface area contributed by atoms with Gasteiger partial charge in [-0.3, -0.25) is 19.2 Å². The number of allylic oxidation sites excluding steroid dienone is 1. The Morgan fingerprint density at radius 3 is 2.55 bits per heavy atom. The minimum absolute atomic E-state index is 0.202. The second-order valence-electron chi connectivity index (χ2n) is 9.06. The van der Waals surface area contributed by atoms with E-state index in [2.05, 4.69) is 0 Å². The van der Waals surface area contributed by atoms with Gasteiger partial charge in [-0.05, 0) is 31.3 Å². The van der Waals surface area contributed by atoms with E-state index in [-0.39, 0.29) is 12.5 Å². The maximum absolute atomic E-state index is 13.0. The van der Waals surface area contributed by atoms with Crippen molar-refractivity contribution in [1.29, 1.82) is 0 Å². The number of ketones is 1. The van der Waals surface area contributed by atoms with Crippen molar-refractivity contribution in [3.63, 3.8) is 0 Å². The maximum Gasteiger partial charge on any atom is 0.310 e. The molecule has 158 valence electrons. The van der Waals surface area contributed by atoms with E-state index < -0.39 is 70.6 Å². The van der Waals surface area contributed by atoms with E-state index in [4.69, 9.17) is 9.47 Å². The average molecular weight is 408 g/mol. The first-order chi connectivity index (χ1) is 13.4. The monoisotopic (exact) mass is 408 g/mol. The molecular weight excluding hydrogens is 384 g/mol. The van der Waals surface area contributed by atoms with E-state index in [1.165, 1.54) is 13.0 Å². The number of hydrogen-bond acceptors (Lipinski definition) is 7. The summed E-state index contributed by atoms with van der Waals surface area (Å²) in [5.74, 6) is -9.44. The van der Waals surface area contributed by atoms with Gasteiger partial charge in [0.05, 0.1) is 23.4 Å². The summed E-state index contributed by atoms with van der Waals surface area (Å²) in [4.78, 5) is 49.1. The van der Waals surface area contributed by atoms with E-state index in [0.29, 0.717) is 12.0 Å². The highest BCUT2D eigenvalue weighted by Crippen LogP contribution is 2.72. The summed E-state index contributed by atoms with van der Waals surface area (Å²) >= 11 is 0. The fourth-order valence-corrected chi connectivity index (χ4v) is 6.61. The average Bonchev–Trinajstić information content (AvgIpc) is 2.99. The Kier molecular flexibility index (Phi) is 4.06. The Balaban J connectivity index is 1.94. The van der Waals surface area contributed by atoms with Crippen LogP contribution in [0.5, 0.6) is 0 Å². The largest absolute Gasteiger partial charge is 0.481 e. The number of hydrogen-bond donors (Lipinski definition) is 3. The van der Waals surface area contributed by atoms with Gasteiger partial charge < -0.3 is 24.8 Å². The lowest BCUT2D eigenvalue weighted by molar-refractivity contribution is -0.385. The van der Waals surface area contributed by atoms with Gasteiger partial charge in [-0.25, -0.2) is 0 Å². The van der Waals surface area contributed by atoms with Gasteiger partial charge in [-0.2, -0.15) is 0 Å². The highest BCUT2D eigenvalue weighted by Gasteiger charge is 2.82. The van der Waals surface area contributed by atoms with Crippen LogP contribution in [0, 0.1) is 34.5 Å². The maximum atomic E-state index is 13.0. The minimum Gasteiger partial charge on any atom is -0.481 e. The van der Waals surface area contributed by atoms with Gasteiger partial charge in [-0.1, -0.05) is 19.4 Å². The Morgan fingerprint density at radius 2 is 1.97 bits per heavy atom. The van der Waals surface area contributed by atoms with Gasteiger partial charge in [0.25, 0.3) is 0 Å². The fourth-order valence-electron chi connectivity index (χ4n) is 6.61. The van der Waals surface area contributed by atoms with Crippen molar-refractivity contribution < 1.29 is 44.0 Å². The van der Waals surface area contributed by atoms with Gasteiger partial charge in [0, 0.05) is 11.8 Å². The molecule has 8 atom stereocenters.